The molecular formula is C18H22N4O4. The van der Waals surface area contributed by atoms with E-state index in [-0.39, 0.29) is 29.5 Å². The molecule has 8 nitrogen and oxygen atoms in total. The molecule has 1 atom stereocenters. The molecule has 8 heteroatoms. The van der Waals surface area contributed by atoms with Gasteiger partial charge in [-0.25, -0.2) is 0 Å². The van der Waals surface area contributed by atoms with Crippen molar-refractivity contribution in [1.82, 2.24) is 15.5 Å². The van der Waals surface area contributed by atoms with Crippen LogP contribution in [0.2, 0.25) is 0 Å². The van der Waals surface area contributed by atoms with Crippen LogP contribution in [0.25, 0.3) is 0 Å². The number of rotatable bonds is 5. The number of nitrogens with one attached hydrogen (secondary N) is 2. The number of hydrogen-bond acceptors (Lipinski definition) is 6. The average Bonchev–Trinajstić information content (AvgIpc) is 2.84. The molecule has 1 saturated heterocycles. The largest absolute Gasteiger partial charge is 0.329 e. The Morgan fingerprint density at radius 1 is 1.19 bits per heavy atom. The van der Waals surface area contributed by atoms with Crippen molar-refractivity contribution in [2.24, 2.45) is 5.73 Å². The highest BCUT2D eigenvalue weighted by Crippen LogP contribution is 2.28. The monoisotopic (exact) mass is 358 g/mol. The molecule has 0 aromatic heterocycles. The van der Waals surface area contributed by atoms with Crippen molar-refractivity contribution in [2.75, 3.05) is 6.54 Å². The van der Waals surface area contributed by atoms with Gasteiger partial charge in [-0.3, -0.25) is 29.4 Å². The van der Waals surface area contributed by atoms with Crippen molar-refractivity contribution in [2.45, 2.75) is 44.8 Å². The second kappa shape index (κ2) is 6.62. The van der Waals surface area contributed by atoms with E-state index in [1.807, 2.05) is 13.8 Å². The van der Waals surface area contributed by atoms with Crippen LogP contribution in [0.4, 0.5) is 0 Å². The molecule has 1 fully saturated rings. The van der Waals surface area contributed by atoms with Gasteiger partial charge >= 0.3 is 0 Å². The summed E-state index contributed by atoms with van der Waals surface area (Å²) in [6, 6.07) is 4.10. The molecule has 1 aromatic rings. The Labute approximate surface area is 151 Å². The van der Waals surface area contributed by atoms with Crippen molar-refractivity contribution < 1.29 is 19.2 Å². The predicted molar refractivity (Wildman–Crippen MR) is 93.1 cm³/mol. The van der Waals surface area contributed by atoms with Gasteiger partial charge < -0.3 is 11.1 Å². The van der Waals surface area contributed by atoms with Gasteiger partial charge in [-0.15, -0.1) is 0 Å². The molecule has 138 valence electrons. The number of nitrogens with two attached hydrogens (primary N) is 1. The first-order valence-corrected chi connectivity index (χ1v) is 8.53. The van der Waals surface area contributed by atoms with Gasteiger partial charge in [-0.05, 0) is 38.0 Å². The first-order valence-electron chi connectivity index (χ1n) is 8.53. The standard InChI is InChI=1S/C18H22N4O4/c1-18(2,9-19)20-8-10-3-4-11-12(7-10)17(26)22(16(11)25)13-5-6-14(23)21-15(13)24/h3-4,7,13,20H,5-6,8-9,19H2,1-2H3,(H,21,23,24). The van der Waals surface area contributed by atoms with Crippen LogP contribution >= 0.6 is 0 Å². The zero-order valence-corrected chi connectivity index (χ0v) is 14.8. The molecule has 1 unspecified atom stereocenters. The predicted octanol–water partition coefficient (Wildman–Crippen LogP) is -0.0853. The lowest BCUT2D eigenvalue weighted by Gasteiger charge is -2.27. The highest BCUT2D eigenvalue weighted by atomic mass is 16.2. The minimum atomic E-state index is -0.946. The minimum absolute atomic E-state index is 0.104. The van der Waals surface area contributed by atoms with Gasteiger partial charge in [0.15, 0.2) is 0 Å². The molecule has 2 aliphatic rings. The topological polar surface area (TPSA) is 122 Å². The van der Waals surface area contributed by atoms with Crippen molar-refractivity contribution in [3.63, 3.8) is 0 Å². The van der Waals surface area contributed by atoms with E-state index < -0.39 is 29.7 Å². The summed E-state index contributed by atoms with van der Waals surface area (Å²) in [5, 5.41) is 5.48. The Bertz CT molecular complexity index is 802. The van der Waals surface area contributed by atoms with Gasteiger partial charge in [0.2, 0.25) is 11.8 Å². The SMILES string of the molecule is CC(C)(CN)NCc1ccc2c(c1)C(=O)N(C1CCC(=O)NC1=O)C2=O. The first-order chi connectivity index (χ1) is 12.2. The van der Waals surface area contributed by atoms with Crippen LogP contribution in [0.15, 0.2) is 18.2 Å². The number of piperidine rings is 1. The summed E-state index contributed by atoms with van der Waals surface area (Å²) in [6.45, 7) is 4.90. The Hall–Kier alpha value is -2.58. The maximum Gasteiger partial charge on any atom is 0.262 e. The molecule has 0 saturated carbocycles. The fourth-order valence-corrected chi connectivity index (χ4v) is 3.04. The molecular weight excluding hydrogens is 336 g/mol. The van der Waals surface area contributed by atoms with Gasteiger partial charge in [0.05, 0.1) is 11.1 Å². The van der Waals surface area contributed by atoms with Crippen molar-refractivity contribution in [3.8, 4) is 0 Å². The average molecular weight is 358 g/mol. The van der Waals surface area contributed by atoms with Gasteiger partial charge in [0.25, 0.3) is 11.8 Å². The molecule has 4 N–H and O–H groups in total. The Morgan fingerprint density at radius 2 is 1.88 bits per heavy atom. The molecule has 0 bridgehead atoms. The zero-order valence-electron chi connectivity index (χ0n) is 14.8. The normalized spacial score (nSPS) is 20.4. The number of hydrogen-bond donors (Lipinski definition) is 3. The van der Waals surface area contributed by atoms with Gasteiger partial charge in [0.1, 0.15) is 6.04 Å². The van der Waals surface area contributed by atoms with Crippen LogP contribution in [0.1, 0.15) is 53.0 Å². The third kappa shape index (κ3) is 3.25. The second-order valence-corrected chi connectivity index (χ2v) is 7.27. The van der Waals surface area contributed by atoms with E-state index in [0.29, 0.717) is 13.1 Å². The number of amides is 4. The molecule has 1 aromatic carbocycles. The fraction of sp³-hybridized carbons (Fsp3) is 0.444. The molecule has 26 heavy (non-hydrogen) atoms. The van der Waals surface area contributed by atoms with Crippen LogP contribution < -0.4 is 16.4 Å². The van der Waals surface area contributed by atoms with E-state index in [4.69, 9.17) is 5.73 Å². The maximum atomic E-state index is 12.7. The third-order valence-electron chi connectivity index (χ3n) is 4.79. The van der Waals surface area contributed by atoms with Crippen molar-refractivity contribution in [3.05, 3.63) is 34.9 Å². The van der Waals surface area contributed by atoms with E-state index in [0.717, 1.165) is 10.5 Å². The van der Waals surface area contributed by atoms with Crippen molar-refractivity contribution >= 4 is 23.6 Å². The van der Waals surface area contributed by atoms with Crippen molar-refractivity contribution in [1.29, 1.82) is 0 Å². The molecule has 0 aliphatic carbocycles. The molecule has 2 heterocycles. The number of fused-ring (bicyclic) bond motifs is 1. The summed E-state index contributed by atoms with van der Waals surface area (Å²) in [5.74, 6) is -2.00. The van der Waals surface area contributed by atoms with Crippen LogP contribution in [-0.4, -0.2) is 46.7 Å². The molecule has 4 amide bonds. The number of imide groups is 2. The lowest BCUT2D eigenvalue weighted by molar-refractivity contribution is -0.136. The Kier molecular flexibility index (Phi) is 4.64. The van der Waals surface area contributed by atoms with Crippen LogP contribution in [0.5, 0.6) is 0 Å². The summed E-state index contributed by atoms with van der Waals surface area (Å²) in [6.07, 6.45) is 0.252. The van der Waals surface area contributed by atoms with E-state index >= 15 is 0 Å². The van der Waals surface area contributed by atoms with E-state index in [2.05, 4.69) is 10.6 Å². The number of benzene rings is 1. The molecule has 2 aliphatic heterocycles. The second-order valence-electron chi connectivity index (χ2n) is 7.27. The molecule has 3 rings (SSSR count). The smallest absolute Gasteiger partial charge is 0.262 e. The fourth-order valence-electron chi connectivity index (χ4n) is 3.04. The summed E-state index contributed by atoms with van der Waals surface area (Å²) in [4.78, 5) is 49.7. The number of carbonyl (C=O) groups excluding carboxylic acids is 4. The Balaban J connectivity index is 1.82. The lowest BCUT2D eigenvalue weighted by Crippen LogP contribution is -2.54. The Morgan fingerprint density at radius 3 is 2.54 bits per heavy atom. The third-order valence-corrected chi connectivity index (χ3v) is 4.79. The quantitative estimate of drug-likeness (QED) is 0.633. The van der Waals surface area contributed by atoms with Crippen LogP contribution in [-0.2, 0) is 16.1 Å². The van der Waals surface area contributed by atoms with Gasteiger partial charge in [0, 0.05) is 25.0 Å². The minimum Gasteiger partial charge on any atom is -0.329 e. The maximum absolute atomic E-state index is 12.7. The molecule has 0 radical (unpaired) electrons. The zero-order chi connectivity index (χ0) is 19.1. The van der Waals surface area contributed by atoms with E-state index in [1.54, 1.807) is 18.2 Å². The highest BCUT2D eigenvalue weighted by Gasteiger charge is 2.44. The summed E-state index contributed by atoms with van der Waals surface area (Å²) >= 11 is 0. The lowest BCUT2D eigenvalue weighted by atomic mass is 10.0. The number of nitrogens with zero attached hydrogens (tertiary/aromatic N) is 1. The van der Waals surface area contributed by atoms with E-state index in [9.17, 15) is 19.2 Å². The first kappa shape index (κ1) is 18.2. The highest BCUT2D eigenvalue weighted by molar-refractivity contribution is 6.23. The van der Waals surface area contributed by atoms with Crippen LogP contribution in [0.3, 0.4) is 0 Å². The van der Waals surface area contributed by atoms with Gasteiger partial charge in [-0.1, -0.05) is 6.07 Å². The summed E-state index contributed by atoms with van der Waals surface area (Å²) in [7, 11) is 0. The summed E-state index contributed by atoms with van der Waals surface area (Å²) < 4.78 is 0. The van der Waals surface area contributed by atoms with Gasteiger partial charge in [-0.2, -0.15) is 0 Å². The molecule has 0 spiro atoms. The van der Waals surface area contributed by atoms with E-state index in [1.165, 1.54) is 0 Å². The number of carbonyl (C=O) groups is 4. The van der Waals surface area contributed by atoms with Crippen LogP contribution in [0, 0.1) is 0 Å². The summed E-state index contributed by atoms with van der Waals surface area (Å²) in [5.41, 5.74) is 6.85.